The number of benzene rings is 1. The molecule has 1 aromatic heterocycles. The Labute approximate surface area is 213 Å². The molecule has 2 aliphatic heterocycles. The van der Waals surface area contributed by atoms with E-state index in [0.717, 1.165) is 48.7 Å². The van der Waals surface area contributed by atoms with E-state index in [0.29, 0.717) is 25.2 Å². The molecule has 6 atom stereocenters. The SMILES string of the molecule is COc1ccc2c3c1O[C@H]1[C@@]4(OC)CC[C@@]5(C[C@H]4COCc4ccoc4)[C@@H](C2)N(CC2CC2)CC[C@]315. The normalized spacial score (nSPS) is 39.7. The minimum absolute atomic E-state index is 0.00446. The maximum absolute atomic E-state index is 7.10. The number of hydrogen-bond acceptors (Lipinski definition) is 6. The average molecular weight is 492 g/mol. The van der Waals surface area contributed by atoms with Crippen molar-refractivity contribution in [3.05, 3.63) is 47.4 Å². The highest BCUT2D eigenvalue weighted by atomic mass is 16.6. The minimum Gasteiger partial charge on any atom is -0.493 e. The summed E-state index contributed by atoms with van der Waals surface area (Å²) in [7, 11) is 3.68. The predicted molar refractivity (Wildman–Crippen MR) is 133 cm³/mol. The number of furan rings is 1. The summed E-state index contributed by atoms with van der Waals surface area (Å²) in [6, 6.07) is 7.02. The van der Waals surface area contributed by atoms with Crippen LogP contribution in [0.5, 0.6) is 11.5 Å². The Bertz CT molecular complexity index is 1180. The van der Waals surface area contributed by atoms with Gasteiger partial charge in [0.05, 0.1) is 32.8 Å². The first kappa shape index (κ1) is 22.0. The number of likely N-dealkylation sites (tertiary alicyclic amines) is 1. The van der Waals surface area contributed by atoms with Crippen molar-refractivity contribution in [3.8, 4) is 11.5 Å². The van der Waals surface area contributed by atoms with Crippen molar-refractivity contribution in [1.29, 1.82) is 0 Å². The zero-order chi connectivity index (χ0) is 24.1. The van der Waals surface area contributed by atoms with Gasteiger partial charge in [-0.1, -0.05) is 6.07 Å². The fraction of sp³-hybridized carbons (Fsp3) is 0.667. The highest BCUT2D eigenvalue weighted by molar-refractivity contribution is 5.63. The molecule has 0 N–H and O–H groups in total. The Balaban J connectivity index is 1.24. The molecule has 5 aliphatic carbocycles. The van der Waals surface area contributed by atoms with Crippen LogP contribution in [-0.2, 0) is 27.9 Å². The standard InChI is InChI=1S/C30H37NO5/c1-32-23-6-5-21-13-24-28-8-9-30(33-2,22(14-28)18-35-17-20-7-12-34-16-20)27-29(28,25(21)26(23)36-27)10-11-31(24)15-19-3-4-19/h5-7,12,16,19,22,24,27H,3-4,8-11,13-15,17-18H2,1-2H3/t22-,24+,27+,28+,29-,30+/m0/s1. The van der Waals surface area contributed by atoms with Gasteiger partial charge in [-0.15, -0.1) is 0 Å². The third kappa shape index (κ3) is 2.58. The first-order chi connectivity index (χ1) is 17.6. The Kier molecular flexibility index (Phi) is 4.60. The molecule has 36 heavy (non-hydrogen) atoms. The van der Waals surface area contributed by atoms with Crippen LogP contribution >= 0.6 is 0 Å². The topological polar surface area (TPSA) is 53.3 Å². The second-order valence-electron chi connectivity index (χ2n) is 12.4. The van der Waals surface area contributed by atoms with Crippen molar-refractivity contribution in [2.45, 2.75) is 74.7 Å². The van der Waals surface area contributed by atoms with Crippen LogP contribution in [0.15, 0.2) is 35.1 Å². The summed E-state index contributed by atoms with van der Waals surface area (Å²) in [5.74, 6) is 3.08. The third-order valence-electron chi connectivity index (χ3n) is 11.2. The fourth-order valence-electron chi connectivity index (χ4n) is 9.59. The monoisotopic (exact) mass is 491 g/mol. The largest absolute Gasteiger partial charge is 0.493 e. The second kappa shape index (κ2) is 7.52. The lowest BCUT2D eigenvalue weighted by Gasteiger charge is -2.74. The predicted octanol–water partition coefficient (Wildman–Crippen LogP) is 4.73. The summed E-state index contributed by atoms with van der Waals surface area (Å²) in [6.07, 6.45) is 12.0. The van der Waals surface area contributed by atoms with Crippen LogP contribution in [-0.4, -0.2) is 56.6 Å². The van der Waals surface area contributed by atoms with E-state index in [2.05, 4.69) is 17.0 Å². The number of methoxy groups -OCH3 is 2. The van der Waals surface area contributed by atoms with Gasteiger partial charge in [0.15, 0.2) is 11.5 Å². The van der Waals surface area contributed by atoms with E-state index in [-0.39, 0.29) is 22.5 Å². The van der Waals surface area contributed by atoms with Gasteiger partial charge in [0.25, 0.3) is 0 Å². The van der Waals surface area contributed by atoms with Crippen LogP contribution in [0, 0.1) is 17.3 Å². The van der Waals surface area contributed by atoms with Crippen molar-refractivity contribution >= 4 is 0 Å². The molecule has 4 bridgehead atoms. The van der Waals surface area contributed by atoms with E-state index in [4.69, 9.17) is 23.4 Å². The first-order valence-corrected chi connectivity index (χ1v) is 13.9. The van der Waals surface area contributed by atoms with Gasteiger partial charge in [-0.2, -0.15) is 0 Å². The molecule has 7 aliphatic rings. The summed E-state index contributed by atoms with van der Waals surface area (Å²) < 4.78 is 31.2. The number of ether oxygens (including phenoxy) is 4. The van der Waals surface area contributed by atoms with Crippen LogP contribution in [0.25, 0.3) is 0 Å². The van der Waals surface area contributed by atoms with Gasteiger partial charge in [-0.05, 0) is 75.1 Å². The Morgan fingerprint density at radius 1 is 1.11 bits per heavy atom. The van der Waals surface area contributed by atoms with Crippen molar-refractivity contribution in [3.63, 3.8) is 0 Å². The van der Waals surface area contributed by atoms with E-state index >= 15 is 0 Å². The van der Waals surface area contributed by atoms with E-state index in [1.54, 1.807) is 19.6 Å². The van der Waals surface area contributed by atoms with Gasteiger partial charge in [0.1, 0.15) is 11.7 Å². The molecule has 5 fully saturated rings. The first-order valence-electron chi connectivity index (χ1n) is 13.9. The zero-order valence-electron chi connectivity index (χ0n) is 21.5. The van der Waals surface area contributed by atoms with Crippen LogP contribution in [0.3, 0.4) is 0 Å². The molecule has 6 heteroatoms. The van der Waals surface area contributed by atoms with Crippen LogP contribution in [0.1, 0.15) is 55.2 Å². The lowest BCUT2D eigenvalue weighted by molar-refractivity contribution is -0.283. The van der Waals surface area contributed by atoms with E-state index in [9.17, 15) is 0 Å². The Hall–Kier alpha value is -2.02. The molecule has 0 amide bonds. The van der Waals surface area contributed by atoms with Gasteiger partial charge >= 0.3 is 0 Å². The smallest absolute Gasteiger partial charge is 0.165 e. The molecule has 1 saturated heterocycles. The fourth-order valence-corrected chi connectivity index (χ4v) is 9.59. The minimum atomic E-state index is -0.347. The molecule has 0 radical (unpaired) electrons. The van der Waals surface area contributed by atoms with Crippen molar-refractivity contribution in [2.24, 2.45) is 17.3 Å². The van der Waals surface area contributed by atoms with Crippen molar-refractivity contribution in [2.75, 3.05) is 33.9 Å². The summed E-state index contributed by atoms with van der Waals surface area (Å²) in [5.41, 5.74) is 3.88. The number of hydrogen-bond donors (Lipinski definition) is 0. The van der Waals surface area contributed by atoms with Gasteiger partial charge in [-0.25, -0.2) is 0 Å². The Morgan fingerprint density at radius 2 is 2.03 bits per heavy atom. The summed E-state index contributed by atoms with van der Waals surface area (Å²) in [5, 5.41) is 0. The molecule has 6 nitrogen and oxygen atoms in total. The molecule has 2 spiro atoms. The number of nitrogens with zero attached hydrogens (tertiary/aromatic N) is 1. The van der Waals surface area contributed by atoms with Gasteiger partial charge in [-0.3, -0.25) is 4.90 Å². The van der Waals surface area contributed by atoms with E-state index < -0.39 is 0 Å². The summed E-state index contributed by atoms with van der Waals surface area (Å²) >= 11 is 0. The number of piperidine rings is 1. The van der Waals surface area contributed by atoms with Gasteiger partial charge in [0.2, 0.25) is 0 Å². The second-order valence-corrected chi connectivity index (χ2v) is 12.4. The molecule has 0 unspecified atom stereocenters. The van der Waals surface area contributed by atoms with Gasteiger partial charge in [0, 0.05) is 47.6 Å². The maximum Gasteiger partial charge on any atom is 0.165 e. The molecule has 192 valence electrons. The zero-order valence-corrected chi connectivity index (χ0v) is 21.5. The van der Waals surface area contributed by atoms with Crippen LogP contribution < -0.4 is 9.47 Å². The molecule has 1 aromatic carbocycles. The quantitative estimate of drug-likeness (QED) is 0.532. The lowest BCUT2D eigenvalue weighted by atomic mass is 9.35. The van der Waals surface area contributed by atoms with Crippen molar-refractivity contribution < 1.29 is 23.4 Å². The van der Waals surface area contributed by atoms with Crippen LogP contribution in [0.4, 0.5) is 0 Å². The lowest BCUT2D eigenvalue weighted by Crippen LogP contribution is -2.81. The van der Waals surface area contributed by atoms with E-state index in [1.807, 2.05) is 13.2 Å². The number of fused-ring (bicyclic) bond motifs is 2. The molecular weight excluding hydrogens is 454 g/mol. The maximum atomic E-state index is 7.10. The highest BCUT2D eigenvalue weighted by Crippen LogP contribution is 2.76. The number of rotatable bonds is 8. The molecule has 3 heterocycles. The van der Waals surface area contributed by atoms with Crippen LogP contribution in [0.2, 0.25) is 0 Å². The van der Waals surface area contributed by atoms with E-state index in [1.165, 1.54) is 43.5 Å². The van der Waals surface area contributed by atoms with Gasteiger partial charge < -0.3 is 23.4 Å². The highest BCUT2D eigenvalue weighted by Gasteiger charge is 2.80. The van der Waals surface area contributed by atoms with Crippen molar-refractivity contribution in [1.82, 2.24) is 4.90 Å². The molecule has 2 aromatic rings. The summed E-state index contributed by atoms with van der Waals surface area (Å²) in [6.45, 7) is 3.70. The molecule has 4 saturated carbocycles. The molecular formula is C30H37NO5. The third-order valence-corrected chi connectivity index (χ3v) is 11.2. The average Bonchev–Trinajstić information content (AvgIpc) is 3.41. The molecule has 9 rings (SSSR count). The Morgan fingerprint density at radius 3 is 2.81 bits per heavy atom. The summed E-state index contributed by atoms with van der Waals surface area (Å²) in [4.78, 5) is 2.89.